The van der Waals surface area contributed by atoms with Gasteiger partial charge in [0.1, 0.15) is 5.01 Å². The average molecular weight is 411 g/mol. The molecule has 0 saturated carbocycles. The van der Waals surface area contributed by atoms with Crippen LogP contribution < -0.4 is 10.6 Å². The SMILES string of the molecule is CCCCCc1nnc(NC(=O)CC2Sc3ccc(Cl)cc3NC2=O)s1. The highest BCUT2D eigenvalue weighted by Crippen LogP contribution is 2.38. The first-order valence-corrected chi connectivity index (χ1v) is 10.5. The molecule has 1 aromatic carbocycles. The van der Waals surface area contributed by atoms with Crippen LogP contribution in [0.4, 0.5) is 10.8 Å². The minimum atomic E-state index is -0.486. The number of unbranched alkanes of at least 4 members (excludes halogenated alkanes) is 2. The van der Waals surface area contributed by atoms with Gasteiger partial charge in [0, 0.05) is 22.8 Å². The number of nitrogens with zero attached hydrogens (tertiary/aromatic N) is 2. The zero-order valence-corrected chi connectivity index (χ0v) is 16.6. The minimum Gasteiger partial charge on any atom is -0.324 e. The standard InChI is InChI=1S/C17H19ClN4O2S2/c1-2-3-4-5-15-21-22-17(26-15)20-14(23)9-13-16(24)19-11-8-10(18)6-7-12(11)25-13/h6-8,13H,2-5,9H2,1H3,(H,19,24)(H,20,22,23). The van der Waals surface area contributed by atoms with Crippen molar-refractivity contribution in [1.82, 2.24) is 10.2 Å². The Hall–Kier alpha value is -1.64. The van der Waals surface area contributed by atoms with E-state index in [4.69, 9.17) is 11.6 Å². The highest BCUT2D eigenvalue weighted by atomic mass is 35.5. The van der Waals surface area contributed by atoms with Crippen molar-refractivity contribution in [2.24, 2.45) is 0 Å². The second-order valence-corrected chi connectivity index (χ2v) is 8.69. The van der Waals surface area contributed by atoms with E-state index in [1.165, 1.54) is 23.1 Å². The molecule has 2 N–H and O–H groups in total. The van der Waals surface area contributed by atoms with E-state index < -0.39 is 5.25 Å². The fourth-order valence-corrected chi connectivity index (χ4v) is 4.59. The van der Waals surface area contributed by atoms with Gasteiger partial charge in [-0.05, 0) is 24.6 Å². The Balaban J connectivity index is 1.55. The van der Waals surface area contributed by atoms with Gasteiger partial charge < -0.3 is 10.6 Å². The fourth-order valence-electron chi connectivity index (χ4n) is 2.53. The monoisotopic (exact) mass is 410 g/mol. The van der Waals surface area contributed by atoms with Gasteiger partial charge in [-0.2, -0.15) is 0 Å². The third-order valence-electron chi connectivity index (χ3n) is 3.84. The van der Waals surface area contributed by atoms with Gasteiger partial charge in [0.05, 0.1) is 10.9 Å². The van der Waals surface area contributed by atoms with E-state index in [9.17, 15) is 9.59 Å². The summed E-state index contributed by atoms with van der Waals surface area (Å²) >= 11 is 8.70. The van der Waals surface area contributed by atoms with Crippen molar-refractivity contribution in [3.8, 4) is 0 Å². The maximum absolute atomic E-state index is 12.3. The summed E-state index contributed by atoms with van der Waals surface area (Å²) in [6.07, 6.45) is 4.33. The number of hydrogen-bond acceptors (Lipinski definition) is 6. The number of anilines is 2. The topological polar surface area (TPSA) is 84.0 Å². The van der Waals surface area contributed by atoms with Crippen LogP contribution in [0.1, 0.15) is 37.6 Å². The maximum atomic E-state index is 12.3. The fraction of sp³-hybridized carbons (Fsp3) is 0.412. The summed E-state index contributed by atoms with van der Waals surface area (Å²) < 4.78 is 0. The third-order valence-corrected chi connectivity index (χ3v) is 6.25. The lowest BCUT2D eigenvalue weighted by Crippen LogP contribution is -2.32. The van der Waals surface area contributed by atoms with Crippen LogP contribution in [-0.4, -0.2) is 27.3 Å². The first kappa shape index (κ1) is 19.1. The molecule has 2 heterocycles. The van der Waals surface area contributed by atoms with Crippen molar-refractivity contribution >= 4 is 57.3 Å². The number of benzene rings is 1. The summed E-state index contributed by atoms with van der Waals surface area (Å²) in [6.45, 7) is 2.15. The van der Waals surface area contributed by atoms with E-state index in [1.54, 1.807) is 12.1 Å². The van der Waals surface area contributed by atoms with Gasteiger partial charge in [-0.1, -0.05) is 42.7 Å². The van der Waals surface area contributed by atoms with Crippen LogP contribution >= 0.6 is 34.7 Å². The molecule has 26 heavy (non-hydrogen) atoms. The predicted octanol–water partition coefficient (Wildman–Crippen LogP) is 4.37. The van der Waals surface area contributed by atoms with E-state index in [1.807, 2.05) is 6.07 Å². The molecule has 0 spiro atoms. The molecule has 0 fully saturated rings. The van der Waals surface area contributed by atoms with Crippen LogP contribution in [-0.2, 0) is 16.0 Å². The van der Waals surface area contributed by atoms with E-state index in [-0.39, 0.29) is 18.2 Å². The molecule has 1 unspecified atom stereocenters. The van der Waals surface area contributed by atoms with Gasteiger partial charge in [-0.25, -0.2) is 0 Å². The summed E-state index contributed by atoms with van der Waals surface area (Å²) in [5.41, 5.74) is 0.685. The highest BCUT2D eigenvalue weighted by molar-refractivity contribution is 8.01. The largest absolute Gasteiger partial charge is 0.324 e. The quantitative estimate of drug-likeness (QED) is 0.662. The molecule has 1 aromatic heterocycles. The van der Waals surface area contributed by atoms with Gasteiger partial charge in [-0.3, -0.25) is 9.59 Å². The van der Waals surface area contributed by atoms with Crippen LogP contribution in [0.25, 0.3) is 0 Å². The summed E-state index contributed by atoms with van der Waals surface area (Å²) in [5, 5.41) is 15.1. The Morgan fingerprint density at radius 3 is 3.00 bits per heavy atom. The van der Waals surface area contributed by atoms with Crippen LogP contribution in [0, 0.1) is 0 Å². The van der Waals surface area contributed by atoms with Crippen molar-refractivity contribution in [1.29, 1.82) is 0 Å². The van der Waals surface area contributed by atoms with Gasteiger partial charge in [0.25, 0.3) is 0 Å². The van der Waals surface area contributed by atoms with Crippen molar-refractivity contribution < 1.29 is 9.59 Å². The van der Waals surface area contributed by atoms with Crippen LogP contribution in [0.3, 0.4) is 0 Å². The molecule has 1 aliphatic rings. The van der Waals surface area contributed by atoms with Crippen LogP contribution in [0.15, 0.2) is 23.1 Å². The Bertz CT molecular complexity index is 812. The lowest BCUT2D eigenvalue weighted by atomic mass is 10.2. The van der Waals surface area contributed by atoms with E-state index in [0.29, 0.717) is 15.8 Å². The lowest BCUT2D eigenvalue weighted by Gasteiger charge is -2.23. The number of halogens is 1. The molecule has 1 atom stereocenters. The maximum Gasteiger partial charge on any atom is 0.238 e. The second-order valence-electron chi connectivity index (χ2n) is 5.95. The molecular weight excluding hydrogens is 392 g/mol. The summed E-state index contributed by atoms with van der Waals surface area (Å²) in [4.78, 5) is 25.4. The number of aromatic nitrogens is 2. The number of aryl methyl sites for hydroxylation is 1. The van der Waals surface area contributed by atoms with Crippen LogP contribution in [0.5, 0.6) is 0 Å². The third kappa shape index (κ3) is 4.96. The average Bonchev–Trinajstić information content (AvgIpc) is 3.03. The van der Waals surface area contributed by atoms with E-state index in [0.717, 1.165) is 35.6 Å². The van der Waals surface area contributed by atoms with Gasteiger partial charge >= 0.3 is 0 Å². The molecule has 6 nitrogen and oxygen atoms in total. The molecule has 1 aliphatic heterocycles. The first-order valence-electron chi connectivity index (χ1n) is 8.44. The number of hydrogen-bond donors (Lipinski definition) is 2. The van der Waals surface area contributed by atoms with Crippen molar-refractivity contribution in [2.45, 2.75) is 49.2 Å². The van der Waals surface area contributed by atoms with Crippen molar-refractivity contribution in [3.05, 3.63) is 28.2 Å². The molecule has 0 bridgehead atoms. The smallest absolute Gasteiger partial charge is 0.238 e. The molecule has 0 saturated heterocycles. The normalized spacial score (nSPS) is 16.1. The zero-order valence-electron chi connectivity index (χ0n) is 14.3. The Morgan fingerprint density at radius 1 is 1.35 bits per heavy atom. The molecule has 138 valence electrons. The van der Waals surface area contributed by atoms with E-state index in [2.05, 4.69) is 27.8 Å². The van der Waals surface area contributed by atoms with Crippen molar-refractivity contribution in [3.63, 3.8) is 0 Å². The highest BCUT2D eigenvalue weighted by Gasteiger charge is 2.29. The number of carbonyl (C=O) groups excluding carboxylic acids is 2. The lowest BCUT2D eigenvalue weighted by molar-refractivity contribution is -0.120. The Labute approximate surface area is 165 Å². The van der Waals surface area contributed by atoms with Gasteiger partial charge in [0.15, 0.2) is 0 Å². The summed E-state index contributed by atoms with van der Waals surface area (Å²) in [7, 11) is 0. The summed E-state index contributed by atoms with van der Waals surface area (Å²) in [6, 6.07) is 5.32. The molecule has 2 amide bonds. The number of fused-ring (bicyclic) bond motifs is 1. The van der Waals surface area contributed by atoms with Gasteiger partial charge in [0.2, 0.25) is 16.9 Å². The number of thioether (sulfide) groups is 1. The van der Waals surface area contributed by atoms with Gasteiger partial charge in [-0.15, -0.1) is 22.0 Å². The minimum absolute atomic E-state index is 0.0727. The molecule has 3 rings (SSSR count). The molecule has 0 radical (unpaired) electrons. The number of nitrogens with one attached hydrogen (secondary N) is 2. The molecule has 9 heteroatoms. The number of amides is 2. The van der Waals surface area contributed by atoms with Crippen molar-refractivity contribution in [2.75, 3.05) is 10.6 Å². The molecule has 2 aromatic rings. The number of rotatable bonds is 7. The predicted molar refractivity (Wildman–Crippen MR) is 106 cm³/mol. The van der Waals surface area contributed by atoms with Crippen LogP contribution in [0.2, 0.25) is 5.02 Å². The zero-order chi connectivity index (χ0) is 18.5. The van der Waals surface area contributed by atoms with E-state index >= 15 is 0 Å². The number of carbonyl (C=O) groups is 2. The molecule has 0 aliphatic carbocycles. The second kappa shape index (κ2) is 8.83. The Morgan fingerprint density at radius 2 is 2.19 bits per heavy atom. The first-order chi connectivity index (χ1) is 12.5. The summed E-state index contributed by atoms with van der Waals surface area (Å²) in [5.74, 6) is -0.441. The Kier molecular flexibility index (Phi) is 6.50. The molecular formula is C17H19ClN4O2S2.